The zero-order valence-corrected chi connectivity index (χ0v) is 9.64. The molecule has 2 aromatic heterocycles. The summed E-state index contributed by atoms with van der Waals surface area (Å²) >= 11 is 4.86. The van der Waals surface area contributed by atoms with E-state index in [9.17, 15) is 13.2 Å². The molecule has 0 unspecified atom stereocenters. The van der Waals surface area contributed by atoms with Gasteiger partial charge in [0, 0.05) is 19.3 Å². The molecule has 0 atom stereocenters. The number of nitrogens with zero attached hydrogens (tertiary/aromatic N) is 3. The van der Waals surface area contributed by atoms with Crippen LogP contribution in [-0.2, 0) is 13.6 Å². The lowest BCUT2D eigenvalue weighted by atomic mass is 10.3. The maximum absolute atomic E-state index is 12.2. The molecule has 0 aliphatic heterocycles. The SMILES string of the molecule is Cn1nccc1-c1cc(=S)n(CC(F)(F)F)[nH]1. The van der Waals surface area contributed by atoms with Gasteiger partial charge in [-0.2, -0.15) is 18.3 Å². The smallest absolute Gasteiger partial charge is 0.295 e. The fourth-order valence-electron chi connectivity index (χ4n) is 1.50. The first-order valence-corrected chi connectivity index (χ1v) is 5.12. The van der Waals surface area contributed by atoms with Gasteiger partial charge < -0.3 is 0 Å². The third kappa shape index (κ3) is 2.57. The molecule has 0 spiro atoms. The van der Waals surface area contributed by atoms with E-state index in [1.165, 1.54) is 6.07 Å². The van der Waals surface area contributed by atoms with Gasteiger partial charge in [0.15, 0.2) is 0 Å². The van der Waals surface area contributed by atoms with Gasteiger partial charge in [-0.1, -0.05) is 12.2 Å². The standard InChI is InChI=1S/C9H9F3N4S/c1-15-7(2-3-13-15)6-4-8(17)16(14-6)5-9(10,11)12/h2-4,14H,5H2,1H3. The number of aryl methyl sites for hydroxylation is 1. The van der Waals surface area contributed by atoms with Gasteiger partial charge in [0.25, 0.3) is 0 Å². The largest absolute Gasteiger partial charge is 0.407 e. The Balaban J connectivity index is 2.38. The average molecular weight is 262 g/mol. The van der Waals surface area contributed by atoms with Crippen LogP contribution < -0.4 is 0 Å². The molecular formula is C9H9F3N4S. The van der Waals surface area contributed by atoms with Crippen molar-refractivity contribution in [2.75, 3.05) is 0 Å². The van der Waals surface area contributed by atoms with E-state index in [1.54, 1.807) is 24.0 Å². The summed E-state index contributed by atoms with van der Waals surface area (Å²) in [6.07, 6.45) is -2.74. The Morgan fingerprint density at radius 2 is 2.18 bits per heavy atom. The first kappa shape index (κ1) is 11.9. The van der Waals surface area contributed by atoms with Crippen molar-refractivity contribution in [2.24, 2.45) is 7.05 Å². The molecule has 2 rings (SSSR count). The highest BCUT2D eigenvalue weighted by Crippen LogP contribution is 2.20. The zero-order chi connectivity index (χ0) is 12.6. The van der Waals surface area contributed by atoms with Crippen molar-refractivity contribution in [1.82, 2.24) is 19.6 Å². The number of H-pyrrole nitrogens is 1. The van der Waals surface area contributed by atoms with E-state index in [-0.39, 0.29) is 4.64 Å². The van der Waals surface area contributed by atoms with Crippen molar-refractivity contribution in [2.45, 2.75) is 12.7 Å². The Hall–Kier alpha value is -1.57. The third-order valence-corrected chi connectivity index (χ3v) is 2.56. The summed E-state index contributed by atoms with van der Waals surface area (Å²) in [7, 11) is 1.70. The quantitative estimate of drug-likeness (QED) is 0.844. The lowest BCUT2D eigenvalue weighted by Gasteiger charge is -2.07. The van der Waals surface area contributed by atoms with E-state index in [1.807, 2.05) is 0 Å². The number of halogens is 3. The Labute approximate surface area is 99.7 Å². The van der Waals surface area contributed by atoms with Crippen LogP contribution in [0.25, 0.3) is 11.4 Å². The number of rotatable bonds is 2. The highest BCUT2D eigenvalue weighted by Gasteiger charge is 2.28. The second-order valence-corrected chi connectivity index (χ2v) is 3.97. The van der Waals surface area contributed by atoms with Gasteiger partial charge in [0.1, 0.15) is 11.2 Å². The first-order chi connectivity index (χ1) is 7.87. The van der Waals surface area contributed by atoms with Crippen LogP contribution in [0.15, 0.2) is 18.3 Å². The number of aromatic amines is 1. The molecule has 1 N–H and O–H groups in total. The van der Waals surface area contributed by atoms with Crippen LogP contribution in [-0.4, -0.2) is 25.7 Å². The molecule has 4 nitrogen and oxygen atoms in total. The van der Waals surface area contributed by atoms with Crippen molar-refractivity contribution in [3.8, 4) is 11.4 Å². The molecule has 8 heteroatoms. The van der Waals surface area contributed by atoms with Crippen LogP contribution in [0.5, 0.6) is 0 Å². The van der Waals surface area contributed by atoms with E-state index >= 15 is 0 Å². The molecular weight excluding hydrogens is 253 g/mol. The Bertz CT molecular complexity index is 578. The van der Waals surface area contributed by atoms with Gasteiger partial charge in [-0.25, -0.2) is 0 Å². The molecule has 0 bridgehead atoms. The predicted octanol–water partition coefficient (Wildman–Crippen LogP) is 2.51. The Kier molecular flexibility index (Phi) is 2.82. The minimum atomic E-state index is -4.30. The zero-order valence-electron chi connectivity index (χ0n) is 8.82. The summed E-state index contributed by atoms with van der Waals surface area (Å²) in [6, 6.07) is 3.18. The van der Waals surface area contributed by atoms with Gasteiger partial charge >= 0.3 is 6.18 Å². The van der Waals surface area contributed by atoms with E-state index in [0.29, 0.717) is 11.4 Å². The minimum absolute atomic E-state index is 0.110. The first-order valence-electron chi connectivity index (χ1n) is 4.72. The second-order valence-electron chi connectivity index (χ2n) is 3.55. The summed E-state index contributed by atoms with van der Waals surface area (Å²) in [6.45, 7) is -1.12. The van der Waals surface area contributed by atoms with E-state index in [0.717, 1.165) is 4.68 Å². The molecule has 17 heavy (non-hydrogen) atoms. The third-order valence-electron chi connectivity index (χ3n) is 2.22. The lowest BCUT2D eigenvalue weighted by Crippen LogP contribution is -2.18. The molecule has 2 heterocycles. The summed E-state index contributed by atoms with van der Waals surface area (Å²) < 4.78 is 39.3. The van der Waals surface area contributed by atoms with Crippen LogP contribution >= 0.6 is 12.2 Å². The number of alkyl halides is 3. The van der Waals surface area contributed by atoms with E-state index < -0.39 is 12.7 Å². The fourth-order valence-corrected chi connectivity index (χ4v) is 1.73. The molecule has 0 fully saturated rings. The normalized spacial score (nSPS) is 12.0. The number of hydrogen-bond acceptors (Lipinski definition) is 2. The van der Waals surface area contributed by atoms with Crippen LogP contribution in [0.3, 0.4) is 0 Å². The van der Waals surface area contributed by atoms with Crippen molar-refractivity contribution in [3.63, 3.8) is 0 Å². The second kappa shape index (κ2) is 4.02. The van der Waals surface area contributed by atoms with Crippen molar-refractivity contribution in [3.05, 3.63) is 23.0 Å². The van der Waals surface area contributed by atoms with Gasteiger partial charge in [0.05, 0.1) is 11.4 Å². The van der Waals surface area contributed by atoms with Crippen molar-refractivity contribution in [1.29, 1.82) is 0 Å². The summed E-state index contributed by atoms with van der Waals surface area (Å²) in [5.41, 5.74) is 1.19. The van der Waals surface area contributed by atoms with Gasteiger partial charge in [-0.3, -0.25) is 14.5 Å². The molecule has 92 valence electrons. The summed E-state index contributed by atoms with van der Waals surface area (Å²) in [5, 5.41) is 6.55. The maximum Gasteiger partial charge on any atom is 0.407 e. The van der Waals surface area contributed by atoms with E-state index in [2.05, 4.69) is 10.2 Å². The highest BCUT2D eigenvalue weighted by molar-refractivity contribution is 7.71. The lowest BCUT2D eigenvalue weighted by molar-refractivity contribution is -0.142. The van der Waals surface area contributed by atoms with Gasteiger partial charge in [0.2, 0.25) is 0 Å². The van der Waals surface area contributed by atoms with Crippen LogP contribution in [0.2, 0.25) is 0 Å². The summed E-state index contributed by atoms with van der Waals surface area (Å²) in [4.78, 5) is 0. The van der Waals surface area contributed by atoms with Crippen LogP contribution in [0, 0.1) is 4.64 Å². The molecule has 0 amide bonds. The van der Waals surface area contributed by atoms with Gasteiger partial charge in [-0.05, 0) is 6.07 Å². The average Bonchev–Trinajstić information content (AvgIpc) is 2.72. The number of aromatic nitrogens is 4. The monoisotopic (exact) mass is 262 g/mol. The van der Waals surface area contributed by atoms with Crippen LogP contribution in [0.4, 0.5) is 13.2 Å². The highest BCUT2D eigenvalue weighted by atomic mass is 32.1. The predicted molar refractivity (Wildman–Crippen MR) is 57.9 cm³/mol. The topological polar surface area (TPSA) is 38.5 Å². The van der Waals surface area contributed by atoms with E-state index in [4.69, 9.17) is 12.2 Å². The number of nitrogens with one attached hydrogen (secondary N) is 1. The number of hydrogen-bond donors (Lipinski definition) is 1. The minimum Gasteiger partial charge on any atom is -0.295 e. The maximum atomic E-state index is 12.2. The molecule has 0 radical (unpaired) electrons. The Morgan fingerprint density at radius 3 is 2.71 bits per heavy atom. The molecule has 0 saturated heterocycles. The molecule has 0 saturated carbocycles. The van der Waals surface area contributed by atoms with Gasteiger partial charge in [-0.15, -0.1) is 0 Å². The van der Waals surface area contributed by atoms with Crippen LogP contribution in [0.1, 0.15) is 0 Å². The molecule has 0 aliphatic rings. The fraction of sp³-hybridized carbons (Fsp3) is 0.333. The Morgan fingerprint density at radius 1 is 1.47 bits per heavy atom. The molecule has 0 aliphatic carbocycles. The summed E-state index contributed by atoms with van der Waals surface area (Å²) in [5.74, 6) is 0. The molecule has 0 aromatic carbocycles. The van der Waals surface area contributed by atoms with Crippen molar-refractivity contribution >= 4 is 12.2 Å². The van der Waals surface area contributed by atoms with Crippen molar-refractivity contribution < 1.29 is 13.2 Å². The molecule has 2 aromatic rings.